The lowest BCUT2D eigenvalue weighted by Crippen LogP contribution is -2.39. The fraction of sp³-hybridized carbons (Fsp3) is 0.579. The van der Waals surface area contributed by atoms with Gasteiger partial charge >= 0.3 is 0 Å². The third-order valence-corrected chi connectivity index (χ3v) is 5.99. The lowest BCUT2D eigenvalue weighted by atomic mass is 9.81. The van der Waals surface area contributed by atoms with Crippen LogP contribution in [0.25, 0.3) is 0 Å². The summed E-state index contributed by atoms with van der Waals surface area (Å²) < 4.78 is 0.892. The minimum absolute atomic E-state index is 0.00707. The van der Waals surface area contributed by atoms with E-state index >= 15 is 0 Å². The summed E-state index contributed by atoms with van der Waals surface area (Å²) in [4.78, 5) is 24.8. The molecule has 1 aromatic carbocycles. The molecule has 2 fully saturated rings. The predicted octanol–water partition coefficient (Wildman–Crippen LogP) is 4.25. The van der Waals surface area contributed by atoms with Gasteiger partial charge in [0.25, 0.3) is 0 Å². The largest absolute Gasteiger partial charge is 0.353 e. The van der Waals surface area contributed by atoms with Crippen LogP contribution in [0.2, 0.25) is 0 Å². The van der Waals surface area contributed by atoms with Gasteiger partial charge in [0.2, 0.25) is 11.8 Å². The molecule has 0 aliphatic heterocycles. The van der Waals surface area contributed by atoms with Crippen LogP contribution in [0, 0.1) is 11.8 Å². The van der Waals surface area contributed by atoms with E-state index in [9.17, 15) is 9.59 Å². The zero-order valence-electron chi connectivity index (χ0n) is 13.9. The summed E-state index contributed by atoms with van der Waals surface area (Å²) >= 11 is 3.45. The molecule has 0 aromatic heterocycles. The second-order valence-electron chi connectivity index (χ2n) is 7.01. The Kier molecular flexibility index (Phi) is 5.93. The third kappa shape index (κ3) is 4.38. The molecule has 1 aromatic rings. The molecule has 0 heterocycles. The molecule has 24 heavy (non-hydrogen) atoms. The molecule has 0 unspecified atom stereocenters. The average Bonchev–Trinajstić information content (AvgIpc) is 3.10. The predicted molar refractivity (Wildman–Crippen MR) is 98.6 cm³/mol. The number of halogens is 1. The SMILES string of the molecule is O=C(Nc1ccccc1Br)C1CCC(C(=O)NC2CCCC2)CC1. The van der Waals surface area contributed by atoms with Gasteiger partial charge in [0.05, 0.1) is 5.69 Å². The Morgan fingerprint density at radius 3 is 2.08 bits per heavy atom. The van der Waals surface area contributed by atoms with Gasteiger partial charge in [0, 0.05) is 22.4 Å². The number of carbonyl (C=O) groups excluding carboxylic acids is 2. The first-order chi connectivity index (χ1) is 11.6. The Bertz CT molecular complexity index is 591. The zero-order chi connectivity index (χ0) is 16.9. The number of amides is 2. The van der Waals surface area contributed by atoms with E-state index < -0.39 is 0 Å². The van der Waals surface area contributed by atoms with E-state index in [1.807, 2.05) is 24.3 Å². The highest BCUT2D eigenvalue weighted by Crippen LogP contribution is 2.31. The summed E-state index contributed by atoms with van der Waals surface area (Å²) in [5.41, 5.74) is 0.809. The summed E-state index contributed by atoms with van der Waals surface area (Å²) in [5.74, 6) is 0.355. The van der Waals surface area contributed by atoms with E-state index in [1.165, 1.54) is 12.8 Å². The Labute approximate surface area is 151 Å². The number of benzene rings is 1. The van der Waals surface area contributed by atoms with Gasteiger partial charge in [-0.1, -0.05) is 25.0 Å². The van der Waals surface area contributed by atoms with Crippen molar-refractivity contribution in [2.24, 2.45) is 11.8 Å². The summed E-state index contributed by atoms with van der Waals surface area (Å²) in [6.45, 7) is 0. The monoisotopic (exact) mass is 392 g/mol. The highest BCUT2D eigenvalue weighted by Gasteiger charge is 2.31. The number of hydrogen-bond donors (Lipinski definition) is 2. The Morgan fingerprint density at radius 1 is 0.875 bits per heavy atom. The fourth-order valence-corrected chi connectivity index (χ4v) is 4.19. The normalized spacial score (nSPS) is 24.5. The molecule has 130 valence electrons. The van der Waals surface area contributed by atoms with Crippen molar-refractivity contribution < 1.29 is 9.59 Å². The lowest BCUT2D eigenvalue weighted by molar-refractivity contribution is -0.129. The quantitative estimate of drug-likeness (QED) is 0.804. The van der Waals surface area contributed by atoms with Crippen LogP contribution in [0.4, 0.5) is 5.69 Å². The van der Waals surface area contributed by atoms with Crippen LogP contribution >= 0.6 is 15.9 Å². The number of anilines is 1. The van der Waals surface area contributed by atoms with E-state index in [4.69, 9.17) is 0 Å². The Hall–Kier alpha value is -1.36. The summed E-state index contributed by atoms with van der Waals surface area (Å²) in [5, 5.41) is 6.19. The van der Waals surface area contributed by atoms with Crippen molar-refractivity contribution in [3.63, 3.8) is 0 Å². The van der Waals surface area contributed by atoms with Crippen LogP contribution in [-0.4, -0.2) is 17.9 Å². The molecule has 3 rings (SSSR count). The van der Waals surface area contributed by atoms with Gasteiger partial charge in [-0.3, -0.25) is 9.59 Å². The minimum Gasteiger partial charge on any atom is -0.353 e. The third-order valence-electron chi connectivity index (χ3n) is 5.30. The molecule has 2 amide bonds. The fourth-order valence-electron chi connectivity index (χ4n) is 3.80. The smallest absolute Gasteiger partial charge is 0.227 e. The van der Waals surface area contributed by atoms with Crippen molar-refractivity contribution in [3.05, 3.63) is 28.7 Å². The molecule has 0 spiro atoms. The van der Waals surface area contributed by atoms with E-state index in [1.54, 1.807) is 0 Å². The van der Waals surface area contributed by atoms with Crippen LogP contribution in [-0.2, 0) is 9.59 Å². The van der Waals surface area contributed by atoms with E-state index in [2.05, 4.69) is 26.6 Å². The Balaban J connectivity index is 1.46. The van der Waals surface area contributed by atoms with E-state index in [-0.39, 0.29) is 23.7 Å². The summed E-state index contributed by atoms with van der Waals surface area (Å²) in [7, 11) is 0. The zero-order valence-corrected chi connectivity index (χ0v) is 15.5. The summed E-state index contributed by atoms with van der Waals surface area (Å²) in [6, 6.07) is 8.02. The number of nitrogens with one attached hydrogen (secondary N) is 2. The van der Waals surface area contributed by atoms with E-state index in [0.717, 1.165) is 48.7 Å². The molecular formula is C19H25BrN2O2. The molecule has 4 nitrogen and oxygen atoms in total. The maximum Gasteiger partial charge on any atom is 0.227 e. The van der Waals surface area contributed by atoms with Gasteiger partial charge in [-0.05, 0) is 66.6 Å². The van der Waals surface area contributed by atoms with Gasteiger partial charge in [-0.15, -0.1) is 0 Å². The number of rotatable bonds is 4. The first-order valence-electron chi connectivity index (χ1n) is 8.99. The molecule has 0 saturated heterocycles. The van der Waals surface area contributed by atoms with Crippen LogP contribution in [0.15, 0.2) is 28.7 Å². The molecular weight excluding hydrogens is 368 g/mol. The van der Waals surface area contributed by atoms with Gasteiger partial charge in [0.15, 0.2) is 0 Å². The maximum absolute atomic E-state index is 12.4. The highest BCUT2D eigenvalue weighted by molar-refractivity contribution is 9.10. The van der Waals surface area contributed by atoms with Gasteiger partial charge in [-0.25, -0.2) is 0 Å². The maximum atomic E-state index is 12.4. The minimum atomic E-state index is 0.00707. The van der Waals surface area contributed by atoms with Gasteiger partial charge < -0.3 is 10.6 Å². The lowest BCUT2D eigenvalue weighted by Gasteiger charge is -2.28. The molecule has 0 atom stereocenters. The Morgan fingerprint density at radius 2 is 1.46 bits per heavy atom. The first kappa shape index (κ1) is 17.5. The molecule has 2 N–H and O–H groups in total. The number of para-hydroxylation sites is 1. The second kappa shape index (κ2) is 8.15. The van der Waals surface area contributed by atoms with Gasteiger partial charge in [-0.2, -0.15) is 0 Å². The van der Waals surface area contributed by atoms with Crippen molar-refractivity contribution in [2.45, 2.75) is 57.4 Å². The van der Waals surface area contributed by atoms with Crippen LogP contribution in [0.3, 0.4) is 0 Å². The molecule has 0 radical (unpaired) electrons. The van der Waals surface area contributed by atoms with Crippen LogP contribution in [0.5, 0.6) is 0 Å². The van der Waals surface area contributed by atoms with Crippen molar-refractivity contribution in [2.75, 3.05) is 5.32 Å². The van der Waals surface area contributed by atoms with Crippen molar-refractivity contribution in [1.82, 2.24) is 5.32 Å². The first-order valence-corrected chi connectivity index (χ1v) is 9.78. The number of carbonyl (C=O) groups is 2. The standard InChI is InChI=1S/C19H25BrN2O2/c20-16-7-3-4-8-17(16)22-19(24)14-11-9-13(10-12-14)18(23)21-15-5-1-2-6-15/h3-4,7-8,13-15H,1-2,5-6,9-12H2,(H,21,23)(H,22,24). The molecule has 2 aliphatic rings. The van der Waals surface area contributed by atoms with Crippen LogP contribution < -0.4 is 10.6 Å². The second-order valence-corrected chi connectivity index (χ2v) is 7.86. The number of hydrogen-bond acceptors (Lipinski definition) is 2. The topological polar surface area (TPSA) is 58.2 Å². The van der Waals surface area contributed by atoms with E-state index in [0.29, 0.717) is 6.04 Å². The summed E-state index contributed by atoms with van der Waals surface area (Å²) in [6.07, 6.45) is 7.90. The van der Waals surface area contributed by atoms with Crippen LogP contribution in [0.1, 0.15) is 51.4 Å². The van der Waals surface area contributed by atoms with Crippen molar-refractivity contribution >= 4 is 33.4 Å². The highest BCUT2D eigenvalue weighted by atomic mass is 79.9. The molecule has 0 bridgehead atoms. The molecule has 2 aliphatic carbocycles. The van der Waals surface area contributed by atoms with Crippen molar-refractivity contribution in [1.29, 1.82) is 0 Å². The molecule has 2 saturated carbocycles. The van der Waals surface area contributed by atoms with Gasteiger partial charge in [0.1, 0.15) is 0 Å². The molecule has 5 heteroatoms. The van der Waals surface area contributed by atoms with Crippen molar-refractivity contribution in [3.8, 4) is 0 Å². The average molecular weight is 393 g/mol.